The molecule has 0 aromatic heterocycles. The molecule has 0 unspecified atom stereocenters. The number of carbonyl (C=O) groups is 1. The van der Waals surface area contributed by atoms with Crippen LogP contribution in [-0.2, 0) is 0 Å². The molecule has 1 aliphatic carbocycles. The zero-order valence-electron chi connectivity index (χ0n) is 16.7. The number of nitrogens with one attached hydrogen (secondary N) is 1. The molecule has 2 amide bonds. The Morgan fingerprint density at radius 1 is 1.11 bits per heavy atom. The number of nitrogens with zero attached hydrogens (tertiary/aromatic N) is 2. The maximum atomic E-state index is 12.4. The quantitative estimate of drug-likeness (QED) is 0.763. The normalized spacial score (nSPS) is 17.7. The average Bonchev–Trinajstić information content (AvgIpc) is 2.69. The highest BCUT2D eigenvalue weighted by atomic mass is 16.5. The lowest BCUT2D eigenvalue weighted by Gasteiger charge is -2.36. The molecule has 2 aliphatic rings. The molecular weight excluding hydrogens is 338 g/mol. The van der Waals surface area contributed by atoms with Crippen LogP contribution >= 0.6 is 0 Å². The minimum atomic E-state index is 0.0757. The highest BCUT2D eigenvalue weighted by Crippen LogP contribution is 2.22. The van der Waals surface area contributed by atoms with Gasteiger partial charge >= 0.3 is 6.03 Å². The van der Waals surface area contributed by atoms with Crippen LogP contribution in [0.25, 0.3) is 0 Å². The van der Waals surface area contributed by atoms with Crippen molar-refractivity contribution in [2.75, 3.05) is 37.6 Å². The number of hydrogen-bond acceptors (Lipinski definition) is 3. The molecule has 0 spiro atoms. The van der Waals surface area contributed by atoms with Gasteiger partial charge in [0.25, 0.3) is 0 Å². The number of allylic oxidation sites excluding steroid dienone is 1. The Kier molecular flexibility index (Phi) is 7.02. The minimum Gasteiger partial charge on any atom is -0.491 e. The van der Waals surface area contributed by atoms with Gasteiger partial charge in [-0.15, -0.1) is 0 Å². The predicted molar refractivity (Wildman–Crippen MR) is 111 cm³/mol. The lowest BCUT2D eigenvalue weighted by atomic mass is 9.97. The van der Waals surface area contributed by atoms with E-state index in [4.69, 9.17) is 4.74 Å². The molecule has 1 aromatic carbocycles. The van der Waals surface area contributed by atoms with Gasteiger partial charge in [0.2, 0.25) is 0 Å². The average molecular weight is 372 g/mol. The molecule has 0 atom stereocenters. The second-order valence-electron chi connectivity index (χ2n) is 7.72. The van der Waals surface area contributed by atoms with E-state index in [2.05, 4.69) is 28.4 Å². The van der Waals surface area contributed by atoms with Gasteiger partial charge in [0, 0.05) is 38.4 Å². The number of rotatable bonds is 6. The van der Waals surface area contributed by atoms with Gasteiger partial charge in [0.05, 0.1) is 6.10 Å². The summed E-state index contributed by atoms with van der Waals surface area (Å²) < 4.78 is 5.70. The minimum absolute atomic E-state index is 0.0757. The fourth-order valence-electron chi connectivity index (χ4n) is 3.75. The van der Waals surface area contributed by atoms with Crippen LogP contribution in [0.15, 0.2) is 35.9 Å². The number of anilines is 1. The number of piperazine rings is 1. The highest BCUT2D eigenvalue weighted by molar-refractivity contribution is 5.74. The summed E-state index contributed by atoms with van der Waals surface area (Å²) in [6, 6.07) is 8.33. The van der Waals surface area contributed by atoms with Gasteiger partial charge in [-0.1, -0.05) is 11.6 Å². The topological polar surface area (TPSA) is 44.8 Å². The Balaban J connectivity index is 1.40. The van der Waals surface area contributed by atoms with Crippen molar-refractivity contribution in [2.24, 2.45) is 0 Å². The van der Waals surface area contributed by atoms with Crippen molar-refractivity contribution in [1.29, 1.82) is 0 Å². The molecule has 0 radical (unpaired) electrons. The number of hydrogen-bond donors (Lipinski definition) is 1. The monoisotopic (exact) mass is 371 g/mol. The molecule has 0 saturated carbocycles. The smallest absolute Gasteiger partial charge is 0.317 e. The highest BCUT2D eigenvalue weighted by Gasteiger charge is 2.21. The maximum absolute atomic E-state index is 12.4. The lowest BCUT2D eigenvalue weighted by Crippen LogP contribution is -2.52. The third kappa shape index (κ3) is 5.91. The summed E-state index contributed by atoms with van der Waals surface area (Å²) in [5.41, 5.74) is 2.70. The fourth-order valence-corrected chi connectivity index (χ4v) is 3.75. The summed E-state index contributed by atoms with van der Waals surface area (Å²) in [6.07, 6.45) is 8.56. The zero-order chi connectivity index (χ0) is 19.1. The molecule has 1 saturated heterocycles. The van der Waals surface area contributed by atoms with Crippen molar-refractivity contribution in [3.63, 3.8) is 0 Å². The molecule has 0 bridgehead atoms. The summed E-state index contributed by atoms with van der Waals surface area (Å²) in [5, 5.41) is 3.09. The molecule has 3 rings (SSSR count). The van der Waals surface area contributed by atoms with Crippen LogP contribution in [0.5, 0.6) is 5.75 Å². The van der Waals surface area contributed by atoms with E-state index in [0.717, 1.165) is 44.9 Å². The first-order valence-corrected chi connectivity index (χ1v) is 10.3. The number of urea groups is 1. The number of benzene rings is 1. The van der Waals surface area contributed by atoms with Gasteiger partial charge in [0.1, 0.15) is 5.75 Å². The van der Waals surface area contributed by atoms with Crippen LogP contribution in [0, 0.1) is 0 Å². The van der Waals surface area contributed by atoms with E-state index >= 15 is 0 Å². The zero-order valence-corrected chi connectivity index (χ0v) is 16.7. The van der Waals surface area contributed by atoms with Gasteiger partial charge in [-0.05, 0) is 70.2 Å². The van der Waals surface area contributed by atoms with E-state index in [1.54, 1.807) is 0 Å². The molecule has 148 valence electrons. The molecule has 1 aromatic rings. The van der Waals surface area contributed by atoms with Crippen molar-refractivity contribution >= 4 is 11.7 Å². The fraction of sp³-hybridized carbons (Fsp3) is 0.591. The van der Waals surface area contributed by atoms with Crippen molar-refractivity contribution in [1.82, 2.24) is 10.2 Å². The van der Waals surface area contributed by atoms with Crippen molar-refractivity contribution < 1.29 is 9.53 Å². The number of amides is 2. The predicted octanol–water partition coefficient (Wildman–Crippen LogP) is 4.20. The summed E-state index contributed by atoms with van der Waals surface area (Å²) in [4.78, 5) is 16.7. The van der Waals surface area contributed by atoms with Gasteiger partial charge in [0.15, 0.2) is 0 Å². The van der Waals surface area contributed by atoms with E-state index in [9.17, 15) is 4.79 Å². The Morgan fingerprint density at radius 3 is 2.48 bits per heavy atom. The van der Waals surface area contributed by atoms with Gasteiger partial charge in [-0.2, -0.15) is 0 Å². The largest absolute Gasteiger partial charge is 0.491 e. The number of carbonyl (C=O) groups excluding carboxylic acids is 1. The standard InChI is InChI=1S/C22H33N3O2/c1-18(2)27-21-10-8-20(9-11-21)24-14-16-25(17-15-24)22(26)23-13-12-19-6-4-3-5-7-19/h6,8-11,18H,3-5,7,12-17H2,1-2H3,(H,23,26). The van der Waals surface area contributed by atoms with Crippen molar-refractivity contribution in [3.8, 4) is 5.75 Å². The van der Waals surface area contributed by atoms with E-state index in [0.29, 0.717) is 0 Å². The Labute approximate surface area is 163 Å². The summed E-state index contributed by atoms with van der Waals surface area (Å²) in [5.74, 6) is 0.903. The Bertz CT molecular complexity index is 631. The third-order valence-corrected chi connectivity index (χ3v) is 5.25. The van der Waals surface area contributed by atoms with E-state index in [1.165, 1.54) is 36.9 Å². The van der Waals surface area contributed by atoms with Gasteiger partial charge in [-0.25, -0.2) is 4.79 Å². The molecule has 27 heavy (non-hydrogen) atoms. The third-order valence-electron chi connectivity index (χ3n) is 5.25. The summed E-state index contributed by atoms with van der Waals surface area (Å²) in [7, 11) is 0. The van der Waals surface area contributed by atoms with E-state index < -0.39 is 0 Å². The first kappa shape index (κ1) is 19.6. The lowest BCUT2D eigenvalue weighted by molar-refractivity contribution is 0.194. The molecular formula is C22H33N3O2. The maximum Gasteiger partial charge on any atom is 0.317 e. The molecule has 5 nitrogen and oxygen atoms in total. The second kappa shape index (κ2) is 9.67. The second-order valence-corrected chi connectivity index (χ2v) is 7.72. The van der Waals surface area contributed by atoms with Crippen LogP contribution in [0.1, 0.15) is 46.0 Å². The molecule has 1 aliphatic heterocycles. The molecule has 1 heterocycles. The van der Waals surface area contributed by atoms with Crippen LogP contribution in [0.2, 0.25) is 0 Å². The Morgan fingerprint density at radius 2 is 1.85 bits per heavy atom. The van der Waals surface area contributed by atoms with Gasteiger partial charge < -0.3 is 19.9 Å². The van der Waals surface area contributed by atoms with Gasteiger partial charge in [-0.3, -0.25) is 0 Å². The summed E-state index contributed by atoms with van der Waals surface area (Å²) >= 11 is 0. The van der Waals surface area contributed by atoms with Crippen LogP contribution < -0.4 is 15.0 Å². The van der Waals surface area contributed by atoms with Crippen LogP contribution in [-0.4, -0.2) is 49.8 Å². The van der Waals surface area contributed by atoms with Crippen molar-refractivity contribution in [3.05, 3.63) is 35.9 Å². The SMILES string of the molecule is CC(C)Oc1ccc(N2CCN(C(=O)NCCC3=CCCCC3)CC2)cc1. The van der Waals surface area contributed by atoms with E-state index in [1.807, 2.05) is 30.9 Å². The number of ether oxygens (including phenoxy) is 1. The first-order chi connectivity index (χ1) is 13.1. The van der Waals surface area contributed by atoms with E-state index in [-0.39, 0.29) is 12.1 Å². The van der Waals surface area contributed by atoms with Crippen LogP contribution in [0.4, 0.5) is 10.5 Å². The summed E-state index contributed by atoms with van der Waals surface area (Å²) in [6.45, 7) is 8.07. The van der Waals surface area contributed by atoms with Crippen molar-refractivity contribution in [2.45, 2.75) is 52.1 Å². The molecule has 1 N–H and O–H groups in total. The Hall–Kier alpha value is -2.17. The van der Waals surface area contributed by atoms with Crippen LogP contribution in [0.3, 0.4) is 0 Å². The molecule has 1 fully saturated rings. The molecule has 5 heteroatoms. The first-order valence-electron chi connectivity index (χ1n) is 10.3.